The number of nitrogens with zero attached hydrogens (tertiary/aromatic N) is 2. The number of aryl methyl sites for hydroxylation is 1. The summed E-state index contributed by atoms with van der Waals surface area (Å²) in [5, 5.41) is 13.9. The van der Waals surface area contributed by atoms with E-state index in [1.165, 1.54) is 0 Å². The highest BCUT2D eigenvalue weighted by Gasteiger charge is 2.27. The second kappa shape index (κ2) is 12.3. The van der Waals surface area contributed by atoms with Gasteiger partial charge >= 0.3 is 5.97 Å². The van der Waals surface area contributed by atoms with Gasteiger partial charge in [-0.25, -0.2) is 9.18 Å². The van der Waals surface area contributed by atoms with Gasteiger partial charge in [0.2, 0.25) is 0 Å². The Balaban J connectivity index is 1.64. The Kier molecular flexibility index (Phi) is 8.88. The van der Waals surface area contributed by atoms with E-state index in [2.05, 4.69) is 4.68 Å². The molecule has 0 saturated heterocycles. The van der Waals surface area contributed by atoms with Crippen LogP contribution >= 0.6 is 0 Å². The first kappa shape index (κ1) is 26.0. The van der Waals surface area contributed by atoms with E-state index < -0.39 is 5.97 Å². The zero-order valence-corrected chi connectivity index (χ0v) is 21.1. The van der Waals surface area contributed by atoms with Gasteiger partial charge in [-0.1, -0.05) is 48.5 Å². The predicted octanol–water partition coefficient (Wildman–Crippen LogP) is 5.76. The Hall–Kier alpha value is -3.03. The van der Waals surface area contributed by atoms with Gasteiger partial charge in [0.05, 0.1) is 13.2 Å². The molecule has 0 unspecified atom stereocenters. The van der Waals surface area contributed by atoms with Gasteiger partial charge in [0.1, 0.15) is 18.1 Å². The summed E-state index contributed by atoms with van der Waals surface area (Å²) < 4.78 is 28.3. The molecule has 0 atom stereocenters. The topological polar surface area (TPSA) is 73.6 Å². The summed E-state index contributed by atoms with van der Waals surface area (Å²) in [6.07, 6.45) is 4.70. The molecule has 0 bridgehead atoms. The zero-order chi connectivity index (χ0) is 25.5. The number of aromatic nitrogens is 2. The van der Waals surface area contributed by atoms with Gasteiger partial charge < -0.3 is 14.6 Å². The normalized spacial score (nSPS) is 17.9. The molecule has 36 heavy (non-hydrogen) atoms. The van der Waals surface area contributed by atoms with Crippen LogP contribution in [0.4, 0.5) is 4.39 Å². The van der Waals surface area contributed by atoms with Crippen molar-refractivity contribution in [2.24, 2.45) is 11.8 Å². The minimum absolute atomic E-state index is 0.213. The van der Waals surface area contributed by atoms with Crippen molar-refractivity contribution < 1.29 is 23.8 Å². The molecular formula is C29H35FN2O4. The smallest absolute Gasteiger partial charge is 0.329 e. The Morgan fingerprint density at radius 1 is 1.08 bits per heavy atom. The number of carboxylic acid groups (broad SMARTS) is 1. The van der Waals surface area contributed by atoms with Gasteiger partial charge in [0.25, 0.3) is 0 Å². The lowest BCUT2D eigenvalue weighted by Crippen LogP contribution is -2.24. The van der Waals surface area contributed by atoms with E-state index in [4.69, 9.17) is 19.7 Å². The molecule has 4 rings (SSSR count). The monoisotopic (exact) mass is 494 g/mol. The van der Waals surface area contributed by atoms with Crippen molar-refractivity contribution in [2.75, 3.05) is 26.9 Å². The number of hydrogen-bond acceptors (Lipinski definition) is 4. The molecule has 0 radical (unpaired) electrons. The Labute approximate surface area is 212 Å². The number of aliphatic carboxylic acids is 1. The molecular weight excluding hydrogens is 459 g/mol. The molecule has 1 heterocycles. The minimum Gasteiger partial charge on any atom is -0.480 e. The third-order valence-corrected chi connectivity index (χ3v) is 7.09. The maximum Gasteiger partial charge on any atom is 0.329 e. The third-order valence-electron chi connectivity index (χ3n) is 7.09. The highest BCUT2D eigenvalue weighted by atomic mass is 19.1. The van der Waals surface area contributed by atoms with Gasteiger partial charge in [-0.3, -0.25) is 4.68 Å². The van der Waals surface area contributed by atoms with Gasteiger partial charge in [0.15, 0.2) is 0 Å². The number of methoxy groups -OCH3 is 1. The molecule has 1 saturated carbocycles. The lowest BCUT2D eigenvalue weighted by Gasteiger charge is -2.28. The van der Waals surface area contributed by atoms with E-state index in [-0.39, 0.29) is 12.4 Å². The average Bonchev–Trinajstić information content (AvgIpc) is 3.23. The molecule has 3 aromatic rings. The molecule has 1 aromatic heterocycles. The van der Waals surface area contributed by atoms with E-state index in [9.17, 15) is 4.79 Å². The van der Waals surface area contributed by atoms with Crippen LogP contribution in [0.1, 0.15) is 36.9 Å². The van der Waals surface area contributed by atoms with E-state index >= 15 is 4.39 Å². The van der Waals surface area contributed by atoms with Crippen LogP contribution in [-0.4, -0.2) is 47.8 Å². The lowest BCUT2D eigenvalue weighted by molar-refractivity contribution is -0.142. The zero-order valence-electron chi connectivity index (χ0n) is 21.1. The largest absolute Gasteiger partial charge is 0.480 e. The number of benzene rings is 2. The van der Waals surface area contributed by atoms with Crippen LogP contribution in [0.25, 0.3) is 22.4 Å². The van der Waals surface area contributed by atoms with Crippen molar-refractivity contribution >= 4 is 5.97 Å². The van der Waals surface area contributed by atoms with Crippen molar-refractivity contribution in [3.63, 3.8) is 0 Å². The summed E-state index contributed by atoms with van der Waals surface area (Å²) in [6, 6.07) is 15.5. The molecule has 0 spiro atoms. The maximum atomic E-state index is 15.4. The summed E-state index contributed by atoms with van der Waals surface area (Å²) >= 11 is 0. The molecule has 0 aliphatic heterocycles. The fourth-order valence-corrected chi connectivity index (χ4v) is 5.16. The average molecular weight is 495 g/mol. The van der Waals surface area contributed by atoms with Gasteiger partial charge in [-0.05, 0) is 50.0 Å². The van der Waals surface area contributed by atoms with Crippen molar-refractivity contribution in [3.05, 3.63) is 65.6 Å². The second-order valence-electron chi connectivity index (χ2n) is 9.69. The van der Waals surface area contributed by atoms with Crippen molar-refractivity contribution in [1.29, 1.82) is 0 Å². The van der Waals surface area contributed by atoms with Gasteiger partial charge in [0, 0.05) is 42.5 Å². The Bertz CT molecular complexity index is 1150. The lowest BCUT2D eigenvalue weighted by atomic mass is 9.82. The highest BCUT2D eigenvalue weighted by molar-refractivity contribution is 5.83. The SMILES string of the molecule is COCCc1c(-c2cccc(C)c2F)c(-c2ccccc2)nn1C[C@H]1CC[C@H](COCC(=O)O)CC1. The molecule has 1 aliphatic rings. The fourth-order valence-electron chi connectivity index (χ4n) is 5.16. The number of halogens is 1. The number of ether oxygens (including phenoxy) is 2. The summed E-state index contributed by atoms with van der Waals surface area (Å²) in [5.41, 5.74) is 4.78. The number of rotatable bonds is 11. The van der Waals surface area contributed by atoms with Crippen LogP contribution in [0.2, 0.25) is 0 Å². The van der Waals surface area contributed by atoms with Crippen molar-refractivity contribution in [3.8, 4) is 22.4 Å². The van der Waals surface area contributed by atoms with E-state index in [1.54, 1.807) is 20.1 Å². The number of hydrogen-bond donors (Lipinski definition) is 1. The van der Waals surface area contributed by atoms with Crippen LogP contribution in [0.3, 0.4) is 0 Å². The standard InChI is InChI=1S/C29H35FN2O4/c1-20-7-6-10-24(28(20)30)27-25(15-16-35-2)32(31-29(27)23-8-4-3-5-9-23)17-21-11-13-22(14-12-21)18-36-19-26(33)34/h3-10,21-22H,11-19H2,1-2H3,(H,33,34)/t21-,22-. The first-order chi connectivity index (χ1) is 17.5. The first-order valence-corrected chi connectivity index (χ1v) is 12.7. The predicted molar refractivity (Wildman–Crippen MR) is 137 cm³/mol. The Morgan fingerprint density at radius 2 is 1.81 bits per heavy atom. The summed E-state index contributed by atoms with van der Waals surface area (Å²) in [6.45, 7) is 3.33. The van der Waals surface area contributed by atoms with E-state index in [0.29, 0.717) is 42.6 Å². The van der Waals surface area contributed by atoms with Gasteiger partial charge in [-0.15, -0.1) is 0 Å². The molecule has 6 nitrogen and oxygen atoms in total. The quantitative estimate of drug-likeness (QED) is 0.367. The fraction of sp³-hybridized carbons (Fsp3) is 0.448. The Morgan fingerprint density at radius 3 is 2.50 bits per heavy atom. The number of carboxylic acids is 1. The first-order valence-electron chi connectivity index (χ1n) is 12.7. The molecule has 7 heteroatoms. The molecule has 0 amide bonds. The van der Waals surface area contributed by atoms with Gasteiger partial charge in [-0.2, -0.15) is 5.10 Å². The van der Waals surface area contributed by atoms with Crippen LogP contribution < -0.4 is 0 Å². The molecule has 2 aromatic carbocycles. The highest BCUT2D eigenvalue weighted by Crippen LogP contribution is 2.38. The van der Waals surface area contributed by atoms with Crippen LogP contribution in [0.5, 0.6) is 0 Å². The second-order valence-corrected chi connectivity index (χ2v) is 9.69. The molecule has 1 aliphatic carbocycles. The molecule has 192 valence electrons. The van der Waals surface area contributed by atoms with Crippen molar-refractivity contribution in [1.82, 2.24) is 9.78 Å². The summed E-state index contributed by atoms with van der Waals surface area (Å²) in [5.74, 6) is -0.306. The summed E-state index contributed by atoms with van der Waals surface area (Å²) in [7, 11) is 1.68. The van der Waals surface area contributed by atoms with E-state index in [1.807, 2.05) is 42.5 Å². The molecule has 1 N–H and O–H groups in total. The van der Waals surface area contributed by atoms with Crippen LogP contribution in [0, 0.1) is 24.6 Å². The van der Waals surface area contributed by atoms with E-state index in [0.717, 1.165) is 54.7 Å². The minimum atomic E-state index is -0.930. The summed E-state index contributed by atoms with van der Waals surface area (Å²) in [4.78, 5) is 10.7. The number of carbonyl (C=O) groups is 1. The van der Waals surface area contributed by atoms with Crippen molar-refractivity contribution in [2.45, 2.75) is 45.6 Å². The van der Waals surface area contributed by atoms with Crippen LogP contribution in [-0.2, 0) is 27.2 Å². The van der Waals surface area contributed by atoms with Crippen LogP contribution in [0.15, 0.2) is 48.5 Å². The maximum absolute atomic E-state index is 15.4. The molecule has 1 fully saturated rings. The third kappa shape index (κ3) is 6.20.